The zero-order chi connectivity index (χ0) is 13.0. The maximum absolute atomic E-state index is 9.43. The Balaban J connectivity index is 1.85. The summed E-state index contributed by atoms with van der Waals surface area (Å²) in [5, 5.41) is 13.3. The van der Waals surface area contributed by atoms with Gasteiger partial charge in [0.15, 0.2) is 11.5 Å². The average molecular weight is 272 g/mol. The van der Waals surface area contributed by atoms with E-state index in [2.05, 4.69) is 5.32 Å². The van der Waals surface area contributed by atoms with Crippen LogP contribution in [0.15, 0.2) is 12.1 Å². The SMILES string of the molecule is CCC(O)CCNCc1cc(Cl)c2c(c1)OCO2. The number of hydrogen-bond acceptors (Lipinski definition) is 4. The molecule has 0 aliphatic carbocycles. The van der Waals surface area contributed by atoms with Crippen LogP contribution in [0.2, 0.25) is 5.02 Å². The summed E-state index contributed by atoms with van der Waals surface area (Å²) in [6.45, 7) is 3.69. The highest BCUT2D eigenvalue weighted by molar-refractivity contribution is 6.32. The van der Waals surface area contributed by atoms with Crippen LogP contribution in [-0.2, 0) is 6.54 Å². The molecule has 5 heteroatoms. The van der Waals surface area contributed by atoms with Crippen LogP contribution < -0.4 is 14.8 Å². The minimum absolute atomic E-state index is 0.224. The Hall–Kier alpha value is -0.970. The number of ether oxygens (including phenoxy) is 2. The molecule has 0 aromatic heterocycles. The van der Waals surface area contributed by atoms with E-state index in [0.29, 0.717) is 23.1 Å². The van der Waals surface area contributed by atoms with Gasteiger partial charge in [-0.25, -0.2) is 0 Å². The summed E-state index contributed by atoms with van der Waals surface area (Å²) in [6, 6.07) is 3.80. The average Bonchev–Trinajstić information content (AvgIpc) is 2.83. The Morgan fingerprint density at radius 2 is 2.28 bits per heavy atom. The number of aliphatic hydroxyl groups is 1. The summed E-state index contributed by atoms with van der Waals surface area (Å²) >= 11 is 6.09. The van der Waals surface area contributed by atoms with Gasteiger partial charge in [0.05, 0.1) is 11.1 Å². The van der Waals surface area contributed by atoms with Gasteiger partial charge in [-0.15, -0.1) is 0 Å². The van der Waals surface area contributed by atoms with Gasteiger partial charge in [-0.1, -0.05) is 18.5 Å². The molecule has 1 aromatic rings. The van der Waals surface area contributed by atoms with Gasteiger partial charge in [0.2, 0.25) is 6.79 Å². The maximum atomic E-state index is 9.43. The molecule has 0 saturated heterocycles. The Morgan fingerprint density at radius 1 is 1.44 bits per heavy atom. The molecule has 0 amide bonds. The molecular formula is C13H18ClNO3. The van der Waals surface area contributed by atoms with Crippen molar-refractivity contribution in [3.63, 3.8) is 0 Å². The lowest BCUT2D eigenvalue weighted by Crippen LogP contribution is -2.19. The van der Waals surface area contributed by atoms with Crippen LogP contribution >= 0.6 is 11.6 Å². The van der Waals surface area contributed by atoms with Crippen molar-refractivity contribution < 1.29 is 14.6 Å². The maximum Gasteiger partial charge on any atom is 0.231 e. The molecule has 1 unspecified atom stereocenters. The number of hydrogen-bond donors (Lipinski definition) is 2. The lowest BCUT2D eigenvalue weighted by molar-refractivity contribution is 0.159. The Labute approximate surface area is 112 Å². The van der Waals surface area contributed by atoms with E-state index in [-0.39, 0.29) is 12.9 Å². The number of aliphatic hydroxyl groups excluding tert-OH is 1. The van der Waals surface area contributed by atoms with E-state index in [1.165, 1.54) is 0 Å². The summed E-state index contributed by atoms with van der Waals surface area (Å²) in [6.07, 6.45) is 1.32. The molecule has 2 rings (SSSR count). The van der Waals surface area contributed by atoms with Crippen molar-refractivity contribution >= 4 is 11.6 Å². The number of nitrogens with one attached hydrogen (secondary N) is 1. The molecule has 0 bridgehead atoms. The first-order valence-corrected chi connectivity index (χ1v) is 6.55. The number of halogens is 1. The fourth-order valence-corrected chi connectivity index (χ4v) is 2.12. The van der Waals surface area contributed by atoms with E-state index in [1.807, 2.05) is 19.1 Å². The van der Waals surface area contributed by atoms with E-state index in [4.69, 9.17) is 21.1 Å². The van der Waals surface area contributed by atoms with E-state index in [0.717, 1.165) is 24.9 Å². The number of fused-ring (bicyclic) bond motifs is 1. The number of benzene rings is 1. The van der Waals surface area contributed by atoms with E-state index < -0.39 is 0 Å². The third kappa shape index (κ3) is 3.28. The molecule has 1 atom stereocenters. The predicted molar refractivity (Wildman–Crippen MR) is 70.2 cm³/mol. The van der Waals surface area contributed by atoms with Gasteiger partial charge in [-0.3, -0.25) is 0 Å². The van der Waals surface area contributed by atoms with Crippen LogP contribution in [0.1, 0.15) is 25.3 Å². The Bertz CT molecular complexity index is 411. The first kappa shape index (κ1) is 13.5. The summed E-state index contributed by atoms with van der Waals surface area (Å²) < 4.78 is 10.6. The molecule has 100 valence electrons. The first-order chi connectivity index (χ1) is 8.70. The lowest BCUT2D eigenvalue weighted by atomic mass is 10.2. The fourth-order valence-electron chi connectivity index (χ4n) is 1.83. The molecule has 18 heavy (non-hydrogen) atoms. The van der Waals surface area contributed by atoms with Gasteiger partial charge in [0.25, 0.3) is 0 Å². The van der Waals surface area contributed by atoms with E-state index in [1.54, 1.807) is 0 Å². The highest BCUT2D eigenvalue weighted by atomic mass is 35.5. The second-order valence-corrected chi connectivity index (χ2v) is 4.75. The minimum atomic E-state index is -0.224. The van der Waals surface area contributed by atoms with Gasteiger partial charge in [0, 0.05) is 6.54 Å². The zero-order valence-corrected chi connectivity index (χ0v) is 11.2. The van der Waals surface area contributed by atoms with Crippen LogP contribution in [0.3, 0.4) is 0 Å². The summed E-state index contributed by atoms with van der Waals surface area (Å²) in [4.78, 5) is 0. The molecule has 1 aliphatic rings. The second kappa shape index (κ2) is 6.27. The van der Waals surface area contributed by atoms with E-state index in [9.17, 15) is 5.11 Å². The summed E-state index contributed by atoms with van der Waals surface area (Å²) in [5.74, 6) is 1.33. The minimum Gasteiger partial charge on any atom is -0.454 e. The number of rotatable bonds is 6. The molecule has 1 aromatic carbocycles. The predicted octanol–water partition coefficient (Wildman–Crippen LogP) is 2.32. The molecule has 2 N–H and O–H groups in total. The molecule has 0 radical (unpaired) electrons. The van der Waals surface area contributed by atoms with Crippen LogP contribution in [0, 0.1) is 0 Å². The third-order valence-corrected chi connectivity index (χ3v) is 3.22. The van der Waals surface area contributed by atoms with Crippen molar-refractivity contribution in [2.75, 3.05) is 13.3 Å². The fraction of sp³-hybridized carbons (Fsp3) is 0.538. The van der Waals surface area contributed by atoms with Crippen molar-refractivity contribution in [1.29, 1.82) is 0 Å². The van der Waals surface area contributed by atoms with Crippen LogP contribution in [-0.4, -0.2) is 24.5 Å². The zero-order valence-electron chi connectivity index (χ0n) is 10.4. The van der Waals surface area contributed by atoms with Gasteiger partial charge in [0.1, 0.15) is 0 Å². The van der Waals surface area contributed by atoms with Crippen LogP contribution in [0.4, 0.5) is 0 Å². The van der Waals surface area contributed by atoms with Crippen LogP contribution in [0.25, 0.3) is 0 Å². The second-order valence-electron chi connectivity index (χ2n) is 4.34. The largest absolute Gasteiger partial charge is 0.454 e. The van der Waals surface area contributed by atoms with Crippen molar-refractivity contribution in [2.45, 2.75) is 32.4 Å². The molecular weight excluding hydrogens is 254 g/mol. The summed E-state index contributed by atoms with van der Waals surface area (Å²) in [7, 11) is 0. The quantitative estimate of drug-likeness (QED) is 0.780. The third-order valence-electron chi connectivity index (χ3n) is 2.94. The molecule has 4 nitrogen and oxygen atoms in total. The van der Waals surface area contributed by atoms with Gasteiger partial charge >= 0.3 is 0 Å². The molecule has 0 saturated carbocycles. The standard InChI is InChI=1S/C13H18ClNO3/c1-2-10(16)3-4-15-7-9-5-11(14)13-12(6-9)17-8-18-13/h5-6,10,15-16H,2-4,7-8H2,1H3. The van der Waals surface area contributed by atoms with Crippen molar-refractivity contribution in [1.82, 2.24) is 5.32 Å². The van der Waals surface area contributed by atoms with Crippen molar-refractivity contribution in [2.24, 2.45) is 0 Å². The highest BCUT2D eigenvalue weighted by Gasteiger charge is 2.17. The molecule has 0 spiro atoms. The smallest absolute Gasteiger partial charge is 0.231 e. The topological polar surface area (TPSA) is 50.7 Å². The van der Waals surface area contributed by atoms with Crippen LogP contribution in [0.5, 0.6) is 11.5 Å². The lowest BCUT2D eigenvalue weighted by Gasteiger charge is -2.09. The van der Waals surface area contributed by atoms with Crippen molar-refractivity contribution in [3.05, 3.63) is 22.7 Å². The highest BCUT2D eigenvalue weighted by Crippen LogP contribution is 2.39. The monoisotopic (exact) mass is 271 g/mol. The van der Waals surface area contributed by atoms with Gasteiger partial charge < -0.3 is 19.9 Å². The van der Waals surface area contributed by atoms with Crippen molar-refractivity contribution in [3.8, 4) is 11.5 Å². The Kier molecular flexibility index (Phi) is 4.69. The molecule has 1 heterocycles. The Morgan fingerprint density at radius 3 is 3.06 bits per heavy atom. The summed E-state index contributed by atoms with van der Waals surface area (Å²) in [5.41, 5.74) is 1.05. The normalized spacial score (nSPS) is 14.8. The molecule has 1 aliphatic heterocycles. The van der Waals surface area contributed by atoms with Gasteiger partial charge in [-0.2, -0.15) is 0 Å². The first-order valence-electron chi connectivity index (χ1n) is 6.17. The van der Waals surface area contributed by atoms with E-state index >= 15 is 0 Å². The van der Waals surface area contributed by atoms with Gasteiger partial charge in [-0.05, 0) is 37.1 Å². The molecule has 0 fully saturated rings.